The second kappa shape index (κ2) is 1.58. The molecule has 3 heteroatoms. The van der Waals surface area contributed by atoms with Crippen molar-refractivity contribution in [1.29, 1.82) is 0 Å². The van der Waals surface area contributed by atoms with Crippen molar-refractivity contribution in [2.24, 2.45) is 0 Å². The smallest absolute Gasteiger partial charge is 0.179 e. The predicted octanol–water partition coefficient (Wildman–Crippen LogP) is 1.63. The minimum absolute atomic E-state index is 0.766. The predicted molar refractivity (Wildman–Crippen MR) is 21.9 cm³/mol. The number of thiophene rings is 1. The van der Waals surface area contributed by atoms with Gasteiger partial charge in [-0.2, -0.15) is 0 Å². The van der Waals surface area contributed by atoms with Crippen molar-refractivity contribution in [2.75, 3.05) is 0 Å². The zero-order valence-electron chi connectivity index (χ0n) is 3.16. The average Bonchev–Trinajstić information content (AvgIpc) is 1.91. The summed E-state index contributed by atoms with van der Waals surface area (Å²) < 4.78 is 23.3. The minimum Gasteiger partial charge on any atom is -0.202 e. The molecule has 0 N–H and O–H groups in total. The molecule has 0 aromatic carbocycles. The van der Waals surface area contributed by atoms with Crippen molar-refractivity contribution >= 4 is 11.3 Å². The fraction of sp³-hybridized carbons (Fsp3) is 0. The van der Waals surface area contributed by atoms with E-state index in [0.717, 1.165) is 11.3 Å². The van der Waals surface area contributed by atoms with E-state index in [1.54, 1.807) is 0 Å². The molecule has 1 aromatic rings. The number of halogens is 2. The summed E-state index contributed by atoms with van der Waals surface area (Å²) in [7, 11) is 0. The maximum atomic E-state index is 11.6. The fourth-order valence-corrected chi connectivity index (χ4v) is 0.614. The summed E-state index contributed by atoms with van der Waals surface area (Å²) in [5.74, 6) is -1.88. The number of rotatable bonds is 0. The zero-order chi connectivity index (χ0) is 5.28. The SMILES string of the molecule is Fc1[c]s[c]c1F. The van der Waals surface area contributed by atoms with Crippen molar-refractivity contribution in [2.45, 2.75) is 0 Å². The van der Waals surface area contributed by atoms with Crippen LogP contribution in [-0.4, -0.2) is 0 Å². The lowest BCUT2D eigenvalue weighted by Crippen LogP contribution is -1.67. The Morgan fingerprint density at radius 2 is 1.57 bits per heavy atom. The molecule has 0 saturated heterocycles. The molecule has 1 rings (SSSR count). The van der Waals surface area contributed by atoms with Crippen LogP contribution in [0.3, 0.4) is 0 Å². The van der Waals surface area contributed by atoms with Gasteiger partial charge in [0.05, 0.1) is 10.8 Å². The summed E-state index contributed by atoms with van der Waals surface area (Å²) in [4.78, 5) is 0. The first-order chi connectivity index (χ1) is 3.30. The Bertz CT molecular complexity index is 142. The highest BCUT2D eigenvalue weighted by Crippen LogP contribution is 2.06. The second-order valence-electron chi connectivity index (χ2n) is 0.934. The van der Waals surface area contributed by atoms with Gasteiger partial charge >= 0.3 is 0 Å². The fourth-order valence-electron chi connectivity index (χ4n) is 0.205. The van der Waals surface area contributed by atoms with E-state index < -0.39 is 11.6 Å². The standard InChI is InChI=1S/C4F2S/c5-3-1-7-2-4(3)6. The van der Waals surface area contributed by atoms with Crippen LogP contribution in [0.15, 0.2) is 0 Å². The molecule has 0 atom stereocenters. The molecule has 7 heavy (non-hydrogen) atoms. The van der Waals surface area contributed by atoms with Gasteiger partial charge in [-0.05, 0) is 0 Å². The molecule has 0 spiro atoms. The van der Waals surface area contributed by atoms with E-state index in [1.807, 2.05) is 10.8 Å². The third-order valence-electron chi connectivity index (χ3n) is 0.474. The third-order valence-corrected chi connectivity index (χ3v) is 1.04. The number of hydrogen-bond acceptors (Lipinski definition) is 1. The van der Waals surface area contributed by atoms with Gasteiger partial charge in [-0.25, -0.2) is 8.78 Å². The van der Waals surface area contributed by atoms with E-state index in [2.05, 4.69) is 0 Å². The van der Waals surface area contributed by atoms with E-state index in [1.165, 1.54) is 0 Å². The summed E-state index contributed by atoms with van der Waals surface area (Å²) in [6, 6.07) is 0. The lowest BCUT2D eigenvalue weighted by atomic mass is 10.6. The molecule has 0 aliphatic rings. The van der Waals surface area contributed by atoms with Gasteiger partial charge in [-0.15, -0.1) is 11.3 Å². The monoisotopic (exact) mass is 118 g/mol. The second-order valence-corrected chi connectivity index (χ2v) is 1.55. The maximum Gasteiger partial charge on any atom is 0.179 e. The van der Waals surface area contributed by atoms with Crippen LogP contribution in [0.5, 0.6) is 0 Å². The van der Waals surface area contributed by atoms with Crippen molar-refractivity contribution < 1.29 is 8.78 Å². The van der Waals surface area contributed by atoms with Crippen LogP contribution >= 0.6 is 11.3 Å². The summed E-state index contributed by atoms with van der Waals surface area (Å²) in [6.45, 7) is 0. The van der Waals surface area contributed by atoms with Gasteiger partial charge in [0.2, 0.25) is 0 Å². The topological polar surface area (TPSA) is 0 Å². The largest absolute Gasteiger partial charge is 0.202 e. The Labute approximate surface area is 43.4 Å². The molecule has 0 nitrogen and oxygen atoms in total. The lowest BCUT2D eigenvalue weighted by molar-refractivity contribution is 0.514. The molecule has 1 heterocycles. The van der Waals surface area contributed by atoms with Crippen LogP contribution in [0.4, 0.5) is 8.78 Å². The van der Waals surface area contributed by atoms with Crippen LogP contribution in [0.1, 0.15) is 0 Å². The highest BCUT2D eigenvalue weighted by atomic mass is 32.1. The summed E-state index contributed by atoms with van der Waals surface area (Å²) in [5, 5.41) is 4.03. The van der Waals surface area contributed by atoms with Crippen LogP contribution in [0.25, 0.3) is 0 Å². The van der Waals surface area contributed by atoms with E-state index in [9.17, 15) is 8.78 Å². The minimum atomic E-state index is -0.940. The first-order valence-electron chi connectivity index (χ1n) is 1.54. The Morgan fingerprint density at radius 1 is 1.14 bits per heavy atom. The van der Waals surface area contributed by atoms with E-state index >= 15 is 0 Å². The molecule has 0 fully saturated rings. The van der Waals surface area contributed by atoms with E-state index in [0.29, 0.717) is 0 Å². The van der Waals surface area contributed by atoms with Gasteiger partial charge in [-0.1, -0.05) is 0 Å². The summed E-state index contributed by atoms with van der Waals surface area (Å²) >= 11 is 0.766. The summed E-state index contributed by atoms with van der Waals surface area (Å²) in [6.07, 6.45) is 0. The van der Waals surface area contributed by atoms with Gasteiger partial charge in [-0.3, -0.25) is 0 Å². The van der Waals surface area contributed by atoms with Crippen LogP contribution in [0.2, 0.25) is 0 Å². The Kier molecular flexibility index (Phi) is 1.06. The van der Waals surface area contributed by atoms with Gasteiger partial charge < -0.3 is 0 Å². The molecule has 0 bridgehead atoms. The van der Waals surface area contributed by atoms with Crippen molar-refractivity contribution in [3.8, 4) is 0 Å². The molecule has 0 saturated carbocycles. The van der Waals surface area contributed by atoms with Crippen LogP contribution in [0, 0.1) is 22.4 Å². The average molecular weight is 118 g/mol. The zero-order valence-corrected chi connectivity index (χ0v) is 3.98. The van der Waals surface area contributed by atoms with Gasteiger partial charge in [0, 0.05) is 0 Å². The molecule has 1 aromatic heterocycles. The number of hydrogen-bond donors (Lipinski definition) is 0. The van der Waals surface area contributed by atoms with Crippen molar-refractivity contribution in [3.05, 3.63) is 22.4 Å². The van der Waals surface area contributed by atoms with Gasteiger partial charge in [0.15, 0.2) is 11.6 Å². The highest BCUT2D eigenvalue weighted by molar-refractivity contribution is 7.06. The quantitative estimate of drug-likeness (QED) is 0.485. The van der Waals surface area contributed by atoms with Crippen LogP contribution in [-0.2, 0) is 0 Å². The molecular weight excluding hydrogens is 118 g/mol. The Balaban J connectivity index is 3.12. The third kappa shape index (κ3) is 0.771. The van der Waals surface area contributed by atoms with E-state index in [4.69, 9.17) is 0 Å². The van der Waals surface area contributed by atoms with Crippen molar-refractivity contribution in [1.82, 2.24) is 0 Å². The molecule has 0 aliphatic heterocycles. The first kappa shape index (κ1) is 4.71. The molecule has 0 unspecified atom stereocenters. The van der Waals surface area contributed by atoms with Gasteiger partial charge in [0.1, 0.15) is 0 Å². The maximum absolute atomic E-state index is 11.6. The lowest BCUT2D eigenvalue weighted by Gasteiger charge is -1.69. The molecular formula is C4F2S. The molecule has 0 aliphatic carbocycles. The molecule has 36 valence electrons. The van der Waals surface area contributed by atoms with E-state index in [-0.39, 0.29) is 0 Å². The first-order valence-corrected chi connectivity index (χ1v) is 2.35. The van der Waals surface area contributed by atoms with Gasteiger partial charge in [0.25, 0.3) is 0 Å². The van der Waals surface area contributed by atoms with Crippen LogP contribution < -0.4 is 0 Å². The van der Waals surface area contributed by atoms with Crippen molar-refractivity contribution in [3.63, 3.8) is 0 Å². The molecule has 0 amide bonds. The normalized spacial score (nSPS) is 9.43. The highest BCUT2D eigenvalue weighted by Gasteiger charge is 1.98. The molecule has 2 radical (unpaired) electrons. The summed E-state index contributed by atoms with van der Waals surface area (Å²) in [5.41, 5.74) is 0. The Hall–Kier alpha value is -0.440. The Morgan fingerprint density at radius 3 is 1.71 bits per heavy atom.